The molecule has 1 aromatic rings. The Bertz CT molecular complexity index is 339. The second-order valence-corrected chi connectivity index (χ2v) is 5.65. The van der Waals surface area contributed by atoms with Gasteiger partial charge in [0.2, 0.25) is 0 Å². The molecule has 1 aliphatic rings. The fourth-order valence-electron chi connectivity index (χ4n) is 2.01. The van der Waals surface area contributed by atoms with Crippen molar-refractivity contribution in [3.8, 4) is 5.75 Å². The van der Waals surface area contributed by atoms with Crippen LogP contribution in [0.3, 0.4) is 0 Å². The molecule has 0 radical (unpaired) electrons. The number of ether oxygens (including phenoxy) is 1. The van der Waals surface area contributed by atoms with Gasteiger partial charge in [-0.25, -0.2) is 0 Å². The SMILES string of the molecule is CCCOc1ccc(C2CSCC(C)N2)cc1. The predicted molar refractivity (Wildman–Crippen MR) is 74.9 cm³/mol. The second kappa shape index (κ2) is 6.31. The summed E-state index contributed by atoms with van der Waals surface area (Å²) in [4.78, 5) is 0. The Labute approximate surface area is 108 Å². The van der Waals surface area contributed by atoms with Gasteiger partial charge in [0.25, 0.3) is 0 Å². The maximum absolute atomic E-state index is 5.59. The molecule has 2 nitrogen and oxygen atoms in total. The van der Waals surface area contributed by atoms with Crippen LogP contribution in [0, 0.1) is 0 Å². The van der Waals surface area contributed by atoms with E-state index in [1.54, 1.807) is 0 Å². The lowest BCUT2D eigenvalue weighted by molar-refractivity contribution is 0.317. The Kier molecular flexibility index (Phi) is 4.75. The fourth-order valence-corrected chi connectivity index (χ4v) is 3.12. The normalized spacial score (nSPS) is 24.6. The first-order valence-electron chi connectivity index (χ1n) is 6.36. The van der Waals surface area contributed by atoms with Gasteiger partial charge in [0.1, 0.15) is 5.75 Å². The smallest absolute Gasteiger partial charge is 0.119 e. The summed E-state index contributed by atoms with van der Waals surface area (Å²) in [6.07, 6.45) is 1.06. The van der Waals surface area contributed by atoms with Gasteiger partial charge in [-0.05, 0) is 31.0 Å². The minimum Gasteiger partial charge on any atom is -0.494 e. The minimum atomic E-state index is 0.490. The van der Waals surface area contributed by atoms with Crippen molar-refractivity contribution in [3.05, 3.63) is 29.8 Å². The van der Waals surface area contributed by atoms with Crippen LogP contribution in [0.15, 0.2) is 24.3 Å². The van der Waals surface area contributed by atoms with Gasteiger partial charge in [0, 0.05) is 23.6 Å². The molecule has 1 aromatic carbocycles. The molecule has 0 aromatic heterocycles. The molecule has 2 unspecified atom stereocenters. The molecule has 1 fully saturated rings. The number of hydrogen-bond acceptors (Lipinski definition) is 3. The highest BCUT2D eigenvalue weighted by Gasteiger charge is 2.19. The van der Waals surface area contributed by atoms with Gasteiger partial charge in [-0.3, -0.25) is 0 Å². The molecule has 94 valence electrons. The highest BCUT2D eigenvalue weighted by Crippen LogP contribution is 2.25. The molecule has 1 aliphatic heterocycles. The van der Waals surface area contributed by atoms with Crippen molar-refractivity contribution in [2.45, 2.75) is 32.4 Å². The van der Waals surface area contributed by atoms with Crippen molar-refractivity contribution < 1.29 is 4.74 Å². The van der Waals surface area contributed by atoms with Gasteiger partial charge in [-0.2, -0.15) is 11.8 Å². The van der Waals surface area contributed by atoms with E-state index in [1.165, 1.54) is 17.1 Å². The molecule has 1 heterocycles. The van der Waals surface area contributed by atoms with E-state index in [0.29, 0.717) is 12.1 Å². The Morgan fingerprint density at radius 2 is 2.06 bits per heavy atom. The van der Waals surface area contributed by atoms with Crippen LogP contribution in [-0.4, -0.2) is 24.2 Å². The zero-order valence-corrected chi connectivity index (χ0v) is 11.4. The average molecular weight is 251 g/mol. The van der Waals surface area contributed by atoms with Gasteiger partial charge in [-0.15, -0.1) is 0 Å². The topological polar surface area (TPSA) is 21.3 Å². The van der Waals surface area contributed by atoms with E-state index in [4.69, 9.17) is 4.74 Å². The monoisotopic (exact) mass is 251 g/mol. The second-order valence-electron chi connectivity index (χ2n) is 4.58. The number of thioether (sulfide) groups is 1. The van der Waals surface area contributed by atoms with Crippen LogP contribution in [0.5, 0.6) is 5.75 Å². The molecule has 17 heavy (non-hydrogen) atoms. The molecule has 1 saturated heterocycles. The van der Waals surface area contributed by atoms with Gasteiger partial charge >= 0.3 is 0 Å². The lowest BCUT2D eigenvalue weighted by Gasteiger charge is -2.28. The van der Waals surface area contributed by atoms with E-state index < -0.39 is 0 Å². The van der Waals surface area contributed by atoms with Crippen LogP contribution < -0.4 is 10.1 Å². The molecule has 3 heteroatoms. The van der Waals surface area contributed by atoms with Crippen LogP contribution in [0.1, 0.15) is 31.9 Å². The molecule has 2 rings (SSSR count). The summed E-state index contributed by atoms with van der Waals surface area (Å²) < 4.78 is 5.59. The van der Waals surface area contributed by atoms with Crippen LogP contribution in [0.25, 0.3) is 0 Å². The standard InChI is InChI=1S/C14H21NOS/c1-3-8-16-13-6-4-12(5-7-13)14-10-17-9-11(2)15-14/h4-7,11,14-15H,3,8-10H2,1-2H3. The van der Waals surface area contributed by atoms with E-state index in [-0.39, 0.29) is 0 Å². The average Bonchev–Trinajstić information content (AvgIpc) is 2.37. The number of hydrogen-bond donors (Lipinski definition) is 1. The van der Waals surface area contributed by atoms with Crippen molar-refractivity contribution >= 4 is 11.8 Å². The first-order chi connectivity index (χ1) is 8.29. The van der Waals surface area contributed by atoms with Crippen molar-refractivity contribution in [1.82, 2.24) is 5.32 Å². The van der Waals surface area contributed by atoms with E-state index in [1.807, 2.05) is 11.8 Å². The summed E-state index contributed by atoms with van der Waals surface area (Å²) in [6.45, 7) is 5.17. The first kappa shape index (κ1) is 12.8. The zero-order chi connectivity index (χ0) is 12.1. The Morgan fingerprint density at radius 1 is 1.29 bits per heavy atom. The largest absolute Gasteiger partial charge is 0.494 e. The van der Waals surface area contributed by atoms with E-state index in [0.717, 1.165) is 18.8 Å². The maximum atomic E-state index is 5.59. The van der Waals surface area contributed by atoms with Gasteiger partial charge < -0.3 is 10.1 Å². The quantitative estimate of drug-likeness (QED) is 0.887. The molecular weight excluding hydrogens is 230 g/mol. The molecular formula is C14H21NOS. The number of nitrogens with one attached hydrogen (secondary N) is 1. The van der Waals surface area contributed by atoms with Gasteiger partial charge in [-0.1, -0.05) is 19.1 Å². The van der Waals surface area contributed by atoms with Crippen molar-refractivity contribution in [2.24, 2.45) is 0 Å². The Hall–Kier alpha value is -0.670. The van der Waals surface area contributed by atoms with Crippen molar-refractivity contribution in [3.63, 3.8) is 0 Å². The van der Waals surface area contributed by atoms with Crippen LogP contribution in [-0.2, 0) is 0 Å². The molecule has 0 bridgehead atoms. The third-order valence-electron chi connectivity index (χ3n) is 2.89. The molecule has 0 spiro atoms. The van der Waals surface area contributed by atoms with Crippen LogP contribution >= 0.6 is 11.8 Å². The molecule has 0 saturated carbocycles. The number of benzene rings is 1. The lowest BCUT2D eigenvalue weighted by atomic mass is 10.1. The Balaban J connectivity index is 1.96. The van der Waals surface area contributed by atoms with E-state index in [9.17, 15) is 0 Å². The third-order valence-corrected chi connectivity index (χ3v) is 4.20. The molecule has 2 atom stereocenters. The summed E-state index contributed by atoms with van der Waals surface area (Å²) in [5.74, 6) is 3.36. The summed E-state index contributed by atoms with van der Waals surface area (Å²) in [5.41, 5.74) is 1.37. The fraction of sp³-hybridized carbons (Fsp3) is 0.571. The predicted octanol–water partition coefficient (Wildman–Crippen LogP) is 3.24. The van der Waals surface area contributed by atoms with Crippen molar-refractivity contribution in [2.75, 3.05) is 18.1 Å². The van der Waals surface area contributed by atoms with Gasteiger partial charge in [0.05, 0.1) is 6.61 Å². The zero-order valence-electron chi connectivity index (χ0n) is 10.6. The third kappa shape index (κ3) is 3.65. The van der Waals surface area contributed by atoms with Gasteiger partial charge in [0.15, 0.2) is 0 Å². The summed E-state index contributed by atoms with van der Waals surface area (Å²) in [7, 11) is 0. The first-order valence-corrected chi connectivity index (χ1v) is 7.51. The Morgan fingerprint density at radius 3 is 2.71 bits per heavy atom. The summed E-state index contributed by atoms with van der Waals surface area (Å²) >= 11 is 2.03. The van der Waals surface area contributed by atoms with Crippen LogP contribution in [0.4, 0.5) is 0 Å². The van der Waals surface area contributed by atoms with Crippen LogP contribution in [0.2, 0.25) is 0 Å². The molecule has 1 N–H and O–H groups in total. The summed E-state index contributed by atoms with van der Waals surface area (Å²) in [5, 5.41) is 3.63. The van der Waals surface area contributed by atoms with E-state index in [2.05, 4.69) is 43.4 Å². The highest BCUT2D eigenvalue weighted by atomic mass is 32.2. The summed E-state index contributed by atoms with van der Waals surface area (Å²) in [6, 6.07) is 9.62. The minimum absolute atomic E-state index is 0.490. The van der Waals surface area contributed by atoms with Crippen molar-refractivity contribution in [1.29, 1.82) is 0 Å². The molecule has 0 aliphatic carbocycles. The lowest BCUT2D eigenvalue weighted by Crippen LogP contribution is -2.37. The van der Waals surface area contributed by atoms with E-state index >= 15 is 0 Å². The number of rotatable bonds is 4. The highest BCUT2D eigenvalue weighted by molar-refractivity contribution is 7.99. The molecule has 0 amide bonds. The maximum Gasteiger partial charge on any atom is 0.119 e.